The van der Waals surface area contributed by atoms with Gasteiger partial charge >= 0.3 is 0 Å². The summed E-state index contributed by atoms with van der Waals surface area (Å²) in [7, 11) is 0. The summed E-state index contributed by atoms with van der Waals surface area (Å²) < 4.78 is 12.7. The molecule has 0 unspecified atom stereocenters. The third-order valence-electron chi connectivity index (χ3n) is 7.05. The minimum Gasteiger partial charge on any atom is -0.454 e. The van der Waals surface area contributed by atoms with E-state index in [1.807, 2.05) is 60.1 Å². The van der Waals surface area contributed by atoms with Gasteiger partial charge in [0.1, 0.15) is 5.52 Å². The number of nitrogens with one attached hydrogen (secondary N) is 1. The zero-order valence-electron chi connectivity index (χ0n) is 20.4. The fourth-order valence-electron chi connectivity index (χ4n) is 5.08. The quantitative estimate of drug-likeness (QED) is 0.462. The average Bonchev–Trinajstić information content (AvgIpc) is 3.53. The number of hydrogen-bond donors (Lipinski definition) is 1. The smallest absolute Gasteiger partial charge is 0.231 e. The van der Waals surface area contributed by atoms with Crippen LogP contribution >= 0.6 is 0 Å². The molecule has 4 heterocycles. The Balaban J connectivity index is 1.14. The minimum atomic E-state index is -0.0345. The van der Waals surface area contributed by atoms with E-state index in [1.54, 1.807) is 0 Å². The molecule has 2 aliphatic rings. The minimum absolute atomic E-state index is 0.0345. The number of para-hydroxylation sites is 1. The Bertz CT molecular complexity index is 1430. The van der Waals surface area contributed by atoms with E-state index in [9.17, 15) is 4.79 Å². The van der Waals surface area contributed by atoms with Gasteiger partial charge in [0.25, 0.3) is 0 Å². The number of ether oxygens (including phenoxy) is 2. The van der Waals surface area contributed by atoms with Crippen molar-refractivity contribution in [3.8, 4) is 17.2 Å². The maximum atomic E-state index is 12.9. The second-order valence-electron chi connectivity index (χ2n) is 9.33. The first-order valence-corrected chi connectivity index (χ1v) is 12.3. The third kappa shape index (κ3) is 4.00. The summed E-state index contributed by atoms with van der Waals surface area (Å²) in [4.78, 5) is 15.1. The van der Waals surface area contributed by atoms with Gasteiger partial charge in [0.15, 0.2) is 17.3 Å². The molecule has 1 saturated heterocycles. The van der Waals surface area contributed by atoms with Crippen LogP contribution in [0.5, 0.6) is 11.5 Å². The van der Waals surface area contributed by atoms with E-state index in [4.69, 9.17) is 14.6 Å². The second-order valence-corrected chi connectivity index (χ2v) is 9.33. The maximum absolute atomic E-state index is 12.9. The van der Waals surface area contributed by atoms with Crippen molar-refractivity contribution in [2.75, 3.05) is 24.8 Å². The molecule has 2 aromatic heterocycles. The van der Waals surface area contributed by atoms with Crippen molar-refractivity contribution in [1.29, 1.82) is 0 Å². The van der Waals surface area contributed by atoms with Gasteiger partial charge in [0, 0.05) is 25.6 Å². The van der Waals surface area contributed by atoms with Crippen LogP contribution in [0.15, 0.2) is 48.5 Å². The van der Waals surface area contributed by atoms with Gasteiger partial charge in [0.2, 0.25) is 12.7 Å². The van der Waals surface area contributed by atoms with Gasteiger partial charge in [0.05, 0.1) is 22.5 Å². The molecule has 2 aromatic carbocycles. The molecule has 184 valence electrons. The highest BCUT2D eigenvalue weighted by molar-refractivity contribution is 5.92. The molecule has 1 amide bonds. The molecule has 0 bridgehead atoms. The van der Waals surface area contributed by atoms with Gasteiger partial charge in [-0.25, -0.2) is 4.68 Å². The van der Waals surface area contributed by atoms with E-state index in [0.717, 1.165) is 76.8 Å². The van der Waals surface area contributed by atoms with Crippen molar-refractivity contribution in [3.05, 3.63) is 65.5 Å². The summed E-state index contributed by atoms with van der Waals surface area (Å²) in [6.45, 7) is 6.21. The predicted octanol–water partition coefficient (Wildman–Crippen LogP) is 3.69. The Morgan fingerprint density at radius 3 is 2.61 bits per heavy atom. The number of benzene rings is 2. The Hall–Kier alpha value is -4.14. The van der Waals surface area contributed by atoms with E-state index < -0.39 is 0 Å². The molecule has 0 saturated carbocycles. The van der Waals surface area contributed by atoms with Crippen LogP contribution in [0, 0.1) is 19.8 Å². The SMILES string of the molecule is Cc1nnc(N2CCC(C(=O)NCc3ccc4c(c3)OCO4)CC2)c2nn(-c3ccccc3)c(C)c12. The maximum Gasteiger partial charge on any atom is 0.231 e. The number of fused-ring (bicyclic) bond motifs is 2. The van der Waals surface area contributed by atoms with Crippen LogP contribution in [0.1, 0.15) is 29.8 Å². The Morgan fingerprint density at radius 1 is 1.03 bits per heavy atom. The normalized spacial score (nSPS) is 15.4. The number of aryl methyl sites for hydroxylation is 2. The summed E-state index contributed by atoms with van der Waals surface area (Å²) in [6, 6.07) is 15.9. The monoisotopic (exact) mass is 484 g/mol. The first-order chi connectivity index (χ1) is 17.6. The molecule has 0 radical (unpaired) electrons. The Labute approximate surface area is 209 Å². The van der Waals surface area contributed by atoms with Crippen LogP contribution in [0.2, 0.25) is 0 Å². The molecule has 1 fully saturated rings. The number of piperidine rings is 1. The second kappa shape index (κ2) is 9.14. The van der Waals surface area contributed by atoms with Gasteiger partial charge < -0.3 is 19.7 Å². The Morgan fingerprint density at radius 2 is 1.81 bits per heavy atom. The fourth-order valence-corrected chi connectivity index (χ4v) is 5.08. The summed E-state index contributed by atoms with van der Waals surface area (Å²) in [6.07, 6.45) is 1.50. The lowest BCUT2D eigenvalue weighted by Crippen LogP contribution is -2.40. The lowest BCUT2D eigenvalue weighted by Gasteiger charge is -2.32. The van der Waals surface area contributed by atoms with Crippen molar-refractivity contribution in [2.24, 2.45) is 5.92 Å². The first-order valence-electron chi connectivity index (χ1n) is 12.3. The zero-order chi connectivity index (χ0) is 24.6. The molecule has 36 heavy (non-hydrogen) atoms. The molecule has 9 heteroatoms. The highest BCUT2D eigenvalue weighted by Gasteiger charge is 2.28. The van der Waals surface area contributed by atoms with E-state index in [2.05, 4.69) is 27.3 Å². The van der Waals surface area contributed by atoms with Crippen LogP contribution in [0.4, 0.5) is 5.82 Å². The largest absolute Gasteiger partial charge is 0.454 e. The first kappa shape index (κ1) is 22.3. The van der Waals surface area contributed by atoms with Crippen LogP contribution < -0.4 is 19.7 Å². The number of aromatic nitrogens is 4. The van der Waals surface area contributed by atoms with Crippen LogP contribution in [-0.2, 0) is 11.3 Å². The third-order valence-corrected chi connectivity index (χ3v) is 7.05. The highest BCUT2D eigenvalue weighted by Crippen LogP contribution is 2.33. The molecular weight excluding hydrogens is 456 g/mol. The van der Waals surface area contributed by atoms with Gasteiger partial charge in [-0.2, -0.15) is 10.2 Å². The number of carbonyl (C=O) groups is 1. The van der Waals surface area contributed by atoms with Gasteiger partial charge in [-0.05, 0) is 56.5 Å². The topological polar surface area (TPSA) is 94.4 Å². The number of rotatable bonds is 5. The van der Waals surface area contributed by atoms with Crippen LogP contribution in [0.25, 0.3) is 16.6 Å². The van der Waals surface area contributed by atoms with Crippen molar-refractivity contribution < 1.29 is 14.3 Å². The summed E-state index contributed by atoms with van der Waals surface area (Å²) in [5.41, 5.74) is 4.77. The molecular formula is C27H28N6O3. The van der Waals surface area contributed by atoms with E-state index >= 15 is 0 Å². The fraction of sp³-hybridized carbons (Fsp3) is 0.333. The predicted molar refractivity (Wildman–Crippen MR) is 135 cm³/mol. The summed E-state index contributed by atoms with van der Waals surface area (Å²) in [5.74, 6) is 2.30. The molecule has 2 aliphatic heterocycles. The number of amides is 1. The number of anilines is 1. The number of hydrogen-bond acceptors (Lipinski definition) is 7. The molecule has 0 spiro atoms. The van der Waals surface area contributed by atoms with Gasteiger partial charge in [-0.1, -0.05) is 24.3 Å². The van der Waals surface area contributed by atoms with E-state index in [0.29, 0.717) is 6.54 Å². The number of nitrogens with zero attached hydrogens (tertiary/aromatic N) is 5. The Kier molecular flexibility index (Phi) is 5.67. The summed E-state index contributed by atoms with van der Waals surface area (Å²) in [5, 5.41) is 18.0. The van der Waals surface area contributed by atoms with Crippen molar-refractivity contribution in [2.45, 2.75) is 33.2 Å². The number of carbonyl (C=O) groups excluding carboxylic acids is 1. The average molecular weight is 485 g/mol. The molecule has 0 aliphatic carbocycles. The summed E-state index contributed by atoms with van der Waals surface area (Å²) >= 11 is 0. The highest BCUT2D eigenvalue weighted by atomic mass is 16.7. The van der Waals surface area contributed by atoms with Gasteiger partial charge in [-0.15, -0.1) is 5.10 Å². The van der Waals surface area contributed by atoms with Crippen molar-refractivity contribution >= 4 is 22.6 Å². The molecule has 1 N–H and O–H groups in total. The standard InChI is InChI=1S/C27H28N6O3/c1-17-24-18(2)33(21-6-4-3-5-7-21)31-25(24)26(30-29-17)32-12-10-20(11-13-32)27(34)28-15-19-8-9-22-23(14-19)36-16-35-22/h3-9,14,20H,10-13,15-16H2,1-2H3,(H,28,34). The lowest BCUT2D eigenvalue weighted by molar-refractivity contribution is -0.125. The van der Waals surface area contributed by atoms with Crippen LogP contribution in [0.3, 0.4) is 0 Å². The molecule has 6 rings (SSSR count). The van der Waals surface area contributed by atoms with E-state index in [-0.39, 0.29) is 18.6 Å². The van der Waals surface area contributed by atoms with E-state index in [1.165, 1.54) is 0 Å². The molecule has 9 nitrogen and oxygen atoms in total. The lowest BCUT2D eigenvalue weighted by atomic mass is 9.95. The van der Waals surface area contributed by atoms with Crippen molar-refractivity contribution in [3.63, 3.8) is 0 Å². The molecule has 4 aromatic rings. The molecule has 0 atom stereocenters. The van der Waals surface area contributed by atoms with Gasteiger partial charge in [-0.3, -0.25) is 4.79 Å². The zero-order valence-corrected chi connectivity index (χ0v) is 20.4. The van der Waals surface area contributed by atoms with Crippen LogP contribution in [-0.4, -0.2) is 45.8 Å². The van der Waals surface area contributed by atoms with Crippen molar-refractivity contribution in [1.82, 2.24) is 25.3 Å².